The SMILES string of the molecule is Cc1cc(Cl)nc(CSc2cccc(C(=O)O)c2)n1. The van der Waals surface area contributed by atoms with Gasteiger partial charge in [0.25, 0.3) is 0 Å². The Morgan fingerprint density at radius 2 is 2.16 bits per heavy atom. The van der Waals surface area contributed by atoms with Crippen molar-refractivity contribution in [1.82, 2.24) is 9.97 Å². The lowest BCUT2D eigenvalue weighted by Gasteiger charge is -2.03. The molecule has 0 aliphatic heterocycles. The van der Waals surface area contributed by atoms with E-state index >= 15 is 0 Å². The lowest BCUT2D eigenvalue weighted by atomic mass is 10.2. The molecule has 1 heterocycles. The number of hydrogen-bond acceptors (Lipinski definition) is 4. The fourth-order valence-corrected chi connectivity index (χ4v) is 2.59. The van der Waals surface area contributed by atoms with Crippen LogP contribution in [0.2, 0.25) is 5.15 Å². The molecular formula is C13H11ClN2O2S. The highest BCUT2D eigenvalue weighted by atomic mass is 35.5. The summed E-state index contributed by atoms with van der Waals surface area (Å²) in [7, 11) is 0. The van der Waals surface area contributed by atoms with E-state index < -0.39 is 5.97 Å². The minimum absolute atomic E-state index is 0.271. The second kappa shape index (κ2) is 6.04. The van der Waals surface area contributed by atoms with Crippen molar-refractivity contribution >= 4 is 29.3 Å². The number of nitrogens with zero attached hydrogens (tertiary/aromatic N) is 2. The Hall–Kier alpha value is -1.59. The molecule has 0 saturated carbocycles. The highest BCUT2D eigenvalue weighted by Crippen LogP contribution is 2.23. The number of halogens is 1. The van der Waals surface area contributed by atoms with Gasteiger partial charge >= 0.3 is 5.97 Å². The molecule has 4 nitrogen and oxygen atoms in total. The van der Waals surface area contributed by atoms with Crippen LogP contribution in [0.4, 0.5) is 0 Å². The summed E-state index contributed by atoms with van der Waals surface area (Å²) in [4.78, 5) is 20.1. The summed E-state index contributed by atoms with van der Waals surface area (Å²) in [6, 6.07) is 8.46. The standard InChI is InChI=1S/C13H11ClN2O2S/c1-8-5-11(14)16-12(15-8)7-19-10-4-2-3-9(6-10)13(17)18/h2-6H,7H2,1H3,(H,17,18). The molecule has 0 aliphatic rings. The van der Waals surface area contributed by atoms with E-state index in [0.29, 0.717) is 16.7 Å². The van der Waals surface area contributed by atoms with Crippen LogP contribution in [0.3, 0.4) is 0 Å². The predicted molar refractivity (Wildman–Crippen MR) is 74.7 cm³/mol. The summed E-state index contributed by atoms with van der Waals surface area (Å²) in [5.74, 6) is 0.248. The van der Waals surface area contributed by atoms with Gasteiger partial charge in [-0.2, -0.15) is 0 Å². The topological polar surface area (TPSA) is 63.1 Å². The highest BCUT2D eigenvalue weighted by molar-refractivity contribution is 7.98. The summed E-state index contributed by atoms with van der Waals surface area (Å²) in [6.07, 6.45) is 0. The zero-order chi connectivity index (χ0) is 13.8. The highest BCUT2D eigenvalue weighted by Gasteiger charge is 2.05. The number of carboxylic acids is 1. The lowest BCUT2D eigenvalue weighted by Crippen LogP contribution is -1.97. The lowest BCUT2D eigenvalue weighted by molar-refractivity contribution is 0.0696. The van der Waals surface area contributed by atoms with E-state index in [0.717, 1.165) is 10.6 Å². The first-order chi connectivity index (χ1) is 9.04. The average molecular weight is 295 g/mol. The molecule has 0 bridgehead atoms. The third kappa shape index (κ3) is 3.94. The van der Waals surface area contributed by atoms with Gasteiger partial charge in [-0.05, 0) is 31.2 Å². The molecule has 0 radical (unpaired) electrons. The maximum Gasteiger partial charge on any atom is 0.335 e. The molecule has 1 N–H and O–H groups in total. The summed E-state index contributed by atoms with van der Waals surface area (Å²) in [5, 5.41) is 9.33. The van der Waals surface area contributed by atoms with Crippen molar-refractivity contribution in [3.8, 4) is 0 Å². The molecule has 0 saturated heterocycles. The van der Waals surface area contributed by atoms with E-state index in [1.54, 1.807) is 24.3 Å². The number of rotatable bonds is 4. The van der Waals surface area contributed by atoms with Crippen molar-refractivity contribution in [2.75, 3.05) is 0 Å². The van der Waals surface area contributed by atoms with Crippen LogP contribution in [0.25, 0.3) is 0 Å². The van der Waals surface area contributed by atoms with Crippen LogP contribution in [0.15, 0.2) is 35.2 Å². The molecule has 98 valence electrons. The zero-order valence-corrected chi connectivity index (χ0v) is 11.7. The van der Waals surface area contributed by atoms with Crippen molar-refractivity contribution < 1.29 is 9.90 Å². The van der Waals surface area contributed by atoms with Gasteiger partial charge in [0.2, 0.25) is 0 Å². The summed E-state index contributed by atoms with van der Waals surface area (Å²) in [6.45, 7) is 1.85. The number of hydrogen-bond donors (Lipinski definition) is 1. The Kier molecular flexibility index (Phi) is 4.39. The van der Waals surface area contributed by atoms with Crippen LogP contribution in [0, 0.1) is 6.92 Å². The molecular weight excluding hydrogens is 284 g/mol. The largest absolute Gasteiger partial charge is 0.478 e. The molecule has 2 rings (SSSR count). The molecule has 1 aromatic carbocycles. The van der Waals surface area contributed by atoms with Crippen molar-refractivity contribution in [2.24, 2.45) is 0 Å². The van der Waals surface area contributed by atoms with E-state index in [-0.39, 0.29) is 5.56 Å². The van der Waals surface area contributed by atoms with Crippen molar-refractivity contribution in [1.29, 1.82) is 0 Å². The Labute approximate surface area is 119 Å². The molecule has 0 unspecified atom stereocenters. The van der Waals surface area contributed by atoms with Crippen molar-refractivity contribution in [3.63, 3.8) is 0 Å². The number of benzene rings is 1. The van der Waals surface area contributed by atoms with E-state index in [9.17, 15) is 4.79 Å². The molecule has 0 amide bonds. The van der Waals surface area contributed by atoms with E-state index in [1.807, 2.05) is 13.0 Å². The minimum atomic E-state index is -0.933. The van der Waals surface area contributed by atoms with Crippen LogP contribution in [-0.4, -0.2) is 21.0 Å². The second-order valence-corrected chi connectivity index (χ2v) is 5.31. The molecule has 0 spiro atoms. The molecule has 0 aliphatic carbocycles. The second-order valence-electron chi connectivity index (χ2n) is 3.87. The van der Waals surface area contributed by atoms with E-state index in [1.165, 1.54) is 11.8 Å². The van der Waals surface area contributed by atoms with Gasteiger partial charge in [-0.25, -0.2) is 14.8 Å². The number of carbonyl (C=O) groups is 1. The molecule has 0 atom stereocenters. The normalized spacial score (nSPS) is 10.4. The zero-order valence-electron chi connectivity index (χ0n) is 10.1. The molecule has 1 aromatic heterocycles. The fourth-order valence-electron chi connectivity index (χ4n) is 1.52. The minimum Gasteiger partial charge on any atom is -0.478 e. The van der Waals surface area contributed by atoms with Gasteiger partial charge in [-0.15, -0.1) is 11.8 Å². The summed E-state index contributed by atoms with van der Waals surface area (Å²) < 4.78 is 0. The van der Waals surface area contributed by atoms with Crippen LogP contribution >= 0.6 is 23.4 Å². The number of aromatic nitrogens is 2. The fraction of sp³-hybridized carbons (Fsp3) is 0.154. The predicted octanol–water partition coefficient (Wildman–Crippen LogP) is 3.43. The van der Waals surface area contributed by atoms with Gasteiger partial charge in [0.15, 0.2) is 0 Å². The van der Waals surface area contributed by atoms with Gasteiger partial charge in [0.05, 0.1) is 11.3 Å². The first-order valence-corrected chi connectivity index (χ1v) is 6.87. The molecule has 2 aromatic rings. The third-order valence-electron chi connectivity index (χ3n) is 2.32. The maximum atomic E-state index is 10.9. The van der Waals surface area contributed by atoms with Crippen LogP contribution < -0.4 is 0 Å². The van der Waals surface area contributed by atoms with E-state index in [4.69, 9.17) is 16.7 Å². The van der Waals surface area contributed by atoms with Crippen LogP contribution in [0.5, 0.6) is 0 Å². The number of thioether (sulfide) groups is 1. The molecule has 0 fully saturated rings. The van der Waals surface area contributed by atoms with Crippen LogP contribution in [-0.2, 0) is 5.75 Å². The van der Waals surface area contributed by atoms with Gasteiger partial charge in [0.1, 0.15) is 11.0 Å². The summed E-state index contributed by atoms with van der Waals surface area (Å²) in [5.41, 5.74) is 1.09. The maximum absolute atomic E-state index is 10.9. The summed E-state index contributed by atoms with van der Waals surface area (Å²) >= 11 is 7.34. The van der Waals surface area contributed by atoms with Gasteiger partial charge in [-0.3, -0.25) is 0 Å². The number of carboxylic acid groups (broad SMARTS) is 1. The third-order valence-corrected chi connectivity index (χ3v) is 3.50. The van der Waals surface area contributed by atoms with Gasteiger partial charge < -0.3 is 5.11 Å². The van der Waals surface area contributed by atoms with Crippen molar-refractivity contribution in [3.05, 3.63) is 52.6 Å². The number of aromatic carboxylic acids is 1. The monoisotopic (exact) mass is 294 g/mol. The Morgan fingerprint density at radius 1 is 1.37 bits per heavy atom. The number of aryl methyl sites for hydroxylation is 1. The van der Waals surface area contributed by atoms with Gasteiger partial charge in [-0.1, -0.05) is 17.7 Å². The molecule has 6 heteroatoms. The van der Waals surface area contributed by atoms with Crippen molar-refractivity contribution in [2.45, 2.75) is 17.6 Å². The average Bonchev–Trinajstić information content (AvgIpc) is 2.35. The van der Waals surface area contributed by atoms with Crippen LogP contribution in [0.1, 0.15) is 21.9 Å². The Balaban J connectivity index is 2.10. The quantitative estimate of drug-likeness (QED) is 0.691. The molecule has 19 heavy (non-hydrogen) atoms. The van der Waals surface area contributed by atoms with Gasteiger partial charge in [0, 0.05) is 10.6 Å². The Morgan fingerprint density at radius 3 is 2.84 bits per heavy atom. The Bertz CT molecular complexity index is 599. The smallest absolute Gasteiger partial charge is 0.335 e. The van der Waals surface area contributed by atoms with E-state index in [2.05, 4.69) is 9.97 Å². The first-order valence-electron chi connectivity index (χ1n) is 5.51. The first kappa shape index (κ1) is 13.8.